The molecule has 14 heavy (non-hydrogen) atoms. The molecule has 2 nitrogen and oxygen atoms in total. The van der Waals surface area contributed by atoms with Gasteiger partial charge in [-0.2, -0.15) is 0 Å². The average molecular weight is 199 g/mol. The van der Waals surface area contributed by atoms with Crippen LogP contribution in [0.15, 0.2) is 0 Å². The topological polar surface area (TPSA) is 21.3 Å². The summed E-state index contributed by atoms with van der Waals surface area (Å²) in [5, 5.41) is 3.46. The fourth-order valence-corrected chi connectivity index (χ4v) is 2.71. The van der Waals surface area contributed by atoms with E-state index >= 15 is 0 Å². The fourth-order valence-electron chi connectivity index (χ4n) is 2.71. The van der Waals surface area contributed by atoms with Gasteiger partial charge in [0.25, 0.3) is 0 Å². The summed E-state index contributed by atoms with van der Waals surface area (Å²) in [5.74, 6) is 0.804. The van der Waals surface area contributed by atoms with Crippen LogP contribution < -0.4 is 5.32 Å². The van der Waals surface area contributed by atoms with Gasteiger partial charge in [0, 0.05) is 6.04 Å². The van der Waals surface area contributed by atoms with Crippen LogP contribution in [-0.2, 0) is 4.74 Å². The van der Waals surface area contributed by atoms with Crippen molar-refractivity contribution in [1.82, 2.24) is 5.32 Å². The molecule has 1 N–H and O–H groups in total. The molecule has 1 heterocycles. The zero-order valence-electron chi connectivity index (χ0n) is 10.0. The Morgan fingerprint density at radius 2 is 1.86 bits per heavy atom. The SMILES string of the molecule is CCCC(NC)C1CC(C)OC(C)C1. The molecular weight excluding hydrogens is 174 g/mol. The number of rotatable bonds is 4. The lowest BCUT2D eigenvalue weighted by molar-refractivity contribution is -0.0589. The zero-order valence-corrected chi connectivity index (χ0v) is 10.0. The Labute approximate surface area is 88.4 Å². The van der Waals surface area contributed by atoms with Crippen molar-refractivity contribution in [1.29, 1.82) is 0 Å². The summed E-state index contributed by atoms with van der Waals surface area (Å²) in [4.78, 5) is 0. The molecule has 0 aromatic rings. The molecule has 84 valence electrons. The first-order valence-electron chi connectivity index (χ1n) is 6.00. The highest BCUT2D eigenvalue weighted by atomic mass is 16.5. The molecule has 0 spiro atoms. The van der Waals surface area contributed by atoms with Crippen LogP contribution in [0.2, 0.25) is 0 Å². The Balaban J connectivity index is 2.47. The molecule has 1 fully saturated rings. The molecule has 0 radical (unpaired) electrons. The lowest BCUT2D eigenvalue weighted by Gasteiger charge is -2.36. The van der Waals surface area contributed by atoms with E-state index in [9.17, 15) is 0 Å². The van der Waals surface area contributed by atoms with Crippen LogP contribution in [0.4, 0.5) is 0 Å². The molecule has 1 rings (SSSR count). The van der Waals surface area contributed by atoms with Gasteiger partial charge in [-0.1, -0.05) is 13.3 Å². The van der Waals surface area contributed by atoms with E-state index in [4.69, 9.17) is 4.74 Å². The number of hydrogen-bond donors (Lipinski definition) is 1. The molecule has 0 aromatic carbocycles. The third-order valence-electron chi connectivity index (χ3n) is 3.27. The second kappa shape index (κ2) is 5.72. The third kappa shape index (κ3) is 3.25. The van der Waals surface area contributed by atoms with Gasteiger partial charge in [0.15, 0.2) is 0 Å². The van der Waals surface area contributed by atoms with Crippen LogP contribution >= 0.6 is 0 Å². The number of ether oxygens (including phenoxy) is 1. The first-order valence-corrected chi connectivity index (χ1v) is 6.00. The minimum atomic E-state index is 0.441. The van der Waals surface area contributed by atoms with E-state index in [1.807, 2.05) is 0 Å². The van der Waals surface area contributed by atoms with Gasteiger partial charge in [0.05, 0.1) is 12.2 Å². The van der Waals surface area contributed by atoms with Crippen LogP contribution in [0.25, 0.3) is 0 Å². The first kappa shape index (κ1) is 12.0. The molecule has 3 atom stereocenters. The Hall–Kier alpha value is -0.0800. The third-order valence-corrected chi connectivity index (χ3v) is 3.27. The standard InChI is InChI=1S/C12H25NO/c1-5-6-12(13-4)11-7-9(2)14-10(3)8-11/h9-13H,5-8H2,1-4H3. The van der Waals surface area contributed by atoms with E-state index in [2.05, 4.69) is 33.1 Å². The lowest BCUT2D eigenvalue weighted by atomic mass is 9.84. The van der Waals surface area contributed by atoms with E-state index in [1.165, 1.54) is 25.7 Å². The summed E-state index contributed by atoms with van der Waals surface area (Å²) in [6.45, 7) is 6.65. The largest absolute Gasteiger partial charge is 0.376 e. The maximum Gasteiger partial charge on any atom is 0.0553 e. The molecule has 1 aliphatic rings. The molecule has 0 aromatic heterocycles. The van der Waals surface area contributed by atoms with Crippen molar-refractivity contribution in [3.05, 3.63) is 0 Å². The van der Waals surface area contributed by atoms with E-state index in [0.717, 1.165) is 5.92 Å². The van der Waals surface area contributed by atoms with Crippen molar-refractivity contribution in [2.45, 2.75) is 64.7 Å². The summed E-state index contributed by atoms with van der Waals surface area (Å²) in [7, 11) is 2.09. The summed E-state index contributed by atoms with van der Waals surface area (Å²) in [5.41, 5.74) is 0. The summed E-state index contributed by atoms with van der Waals surface area (Å²) < 4.78 is 5.76. The molecule has 1 aliphatic heterocycles. The smallest absolute Gasteiger partial charge is 0.0553 e. The van der Waals surface area contributed by atoms with Crippen molar-refractivity contribution in [2.24, 2.45) is 5.92 Å². The molecule has 0 amide bonds. The Kier molecular flexibility index (Phi) is 4.90. The number of hydrogen-bond acceptors (Lipinski definition) is 2. The summed E-state index contributed by atoms with van der Waals surface area (Å²) in [6.07, 6.45) is 5.88. The van der Waals surface area contributed by atoms with Crippen LogP contribution in [0.5, 0.6) is 0 Å². The van der Waals surface area contributed by atoms with Gasteiger partial charge in [-0.05, 0) is 46.1 Å². The van der Waals surface area contributed by atoms with E-state index < -0.39 is 0 Å². The van der Waals surface area contributed by atoms with Gasteiger partial charge in [-0.3, -0.25) is 0 Å². The molecular formula is C12H25NO. The maximum atomic E-state index is 5.76. The van der Waals surface area contributed by atoms with Gasteiger partial charge >= 0.3 is 0 Å². The second-order valence-corrected chi connectivity index (χ2v) is 4.67. The van der Waals surface area contributed by atoms with Crippen LogP contribution in [0, 0.1) is 5.92 Å². The summed E-state index contributed by atoms with van der Waals surface area (Å²) in [6, 6.07) is 0.689. The normalized spacial score (nSPS) is 35.6. The van der Waals surface area contributed by atoms with Crippen molar-refractivity contribution < 1.29 is 4.74 Å². The van der Waals surface area contributed by atoms with E-state index in [1.54, 1.807) is 0 Å². The molecule has 0 bridgehead atoms. The van der Waals surface area contributed by atoms with Crippen LogP contribution in [0.3, 0.4) is 0 Å². The molecule has 1 saturated heterocycles. The minimum Gasteiger partial charge on any atom is -0.376 e. The quantitative estimate of drug-likeness (QED) is 0.751. The maximum absolute atomic E-state index is 5.76. The van der Waals surface area contributed by atoms with Gasteiger partial charge in [0.1, 0.15) is 0 Å². The number of nitrogens with one attached hydrogen (secondary N) is 1. The average Bonchev–Trinajstić information content (AvgIpc) is 2.12. The Morgan fingerprint density at radius 3 is 2.29 bits per heavy atom. The molecule has 2 heteroatoms. The van der Waals surface area contributed by atoms with Gasteiger partial charge in [-0.15, -0.1) is 0 Å². The van der Waals surface area contributed by atoms with Gasteiger partial charge in [0.2, 0.25) is 0 Å². The zero-order chi connectivity index (χ0) is 10.6. The van der Waals surface area contributed by atoms with Crippen LogP contribution in [-0.4, -0.2) is 25.3 Å². The first-order chi connectivity index (χ1) is 6.67. The van der Waals surface area contributed by atoms with Crippen molar-refractivity contribution >= 4 is 0 Å². The van der Waals surface area contributed by atoms with Gasteiger partial charge < -0.3 is 10.1 Å². The Morgan fingerprint density at radius 1 is 1.29 bits per heavy atom. The predicted octanol–water partition coefficient (Wildman–Crippen LogP) is 2.58. The highest BCUT2D eigenvalue weighted by Crippen LogP contribution is 2.28. The predicted molar refractivity (Wildman–Crippen MR) is 60.5 cm³/mol. The van der Waals surface area contributed by atoms with Crippen molar-refractivity contribution in [2.75, 3.05) is 7.05 Å². The van der Waals surface area contributed by atoms with Gasteiger partial charge in [-0.25, -0.2) is 0 Å². The van der Waals surface area contributed by atoms with Crippen molar-refractivity contribution in [3.63, 3.8) is 0 Å². The second-order valence-electron chi connectivity index (χ2n) is 4.67. The van der Waals surface area contributed by atoms with E-state index in [0.29, 0.717) is 18.2 Å². The monoisotopic (exact) mass is 199 g/mol. The van der Waals surface area contributed by atoms with E-state index in [-0.39, 0.29) is 0 Å². The van der Waals surface area contributed by atoms with Crippen LogP contribution in [0.1, 0.15) is 46.5 Å². The molecule has 0 saturated carbocycles. The lowest BCUT2D eigenvalue weighted by Crippen LogP contribution is -2.41. The highest BCUT2D eigenvalue weighted by Gasteiger charge is 2.29. The fraction of sp³-hybridized carbons (Fsp3) is 1.00. The highest BCUT2D eigenvalue weighted by molar-refractivity contribution is 4.82. The summed E-state index contributed by atoms with van der Waals surface area (Å²) >= 11 is 0. The molecule has 3 unspecified atom stereocenters. The minimum absolute atomic E-state index is 0.441. The van der Waals surface area contributed by atoms with Crippen molar-refractivity contribution in [3.8, 4) is 0 Å². The molecule has 0 aliphatic carbocycles. The Bertz CT molecular complexity index is 150.